The number of anilines is 2. The molecule has 3 rings (SSSR count). The van der Waals surface area contributed by atoms with Crippen LogP contribution in [0.2, 0.25) is 0 Å². The van der Waals surface area contributed by atoms with E-state index in [9.17, 15) is 0 Å². The number of nitrogens with zero attached hydrogens (tertiary/aromatic N) is 4. The normalized spacial score (nSPS) is 11.2. The summed E-state index contributed by atoms with van der Waals surface area (Å²) in [6.07, 6.45) is 1.92. The fraction of sp³-hybridized carbons (Fsp3) is 0.333. The lowest BCUT2D eigenvalue weighted by Gasteiger charge is -2.16. The van der Waals surface area contributed by atoms with Crippen LogP contribution < -0.4 is 10.2 Å². The number of benzene rings is 1. The minimum absolute atomic E-state index is 0.388. The van der Waals surface area contributed by atoms with Gasteiger partial charge in [-0.2, -0.15) is 9.61 Å². The molecule has 120 valence electrons. The quantitative estimate of drug-likeness (QED) is 0.783. The minimum atomic E-state index is 0.388. The molecule has 0 unspecified atom stereocenters. The molecule has 0 saturated heterocycles. The molecule has 0 aliphatic heterocycles. The van der Waals surface area contributed by atoms with Crippen molar-refractivity contribution in [3.05, 3.63) is 53.7 Å². The number of rotatable bonds is 5. The second-order valence-corrected chi connectivity index (χ2v) is 6.22. The maximum atomic E-state index is 4.76. The van der Waals surface area contributed by atoms with E-state index in [0.29, 0.717) is 5.92 Å². The van der Waals surface area contributed by atoms with Gasteiger partial charge in [0.2, 0.25) is 0 Å². The summed E-state index contributed by atoms with van der Waals surface area (Å²) in [7, 11) is 4.01. The van der Waals surface area contributed by atoms with Crippen LogP contribution >= 0.6 is 0 Å². The Bertz CT molecular complexity index is 790. The van der Waals surface area contributed by atoms with Gasteiger partial charge in [-0.1, -0.05) is 44.2 Å². The van der Waals surface area contributed by atoms with Crippen LogP contribution in [0.25, 0.3) is 5.65 Å². The van der Waals surface area contributed by atoms with E-state index < -0.39 is 0 Å². The number of hydrogen-bond acceptors (Lipinski definition) is 4. The lowest BCUT2D eigenvalue weighted by atomic mass is 10.1. The molecule has 5 heteroatoms. The summed E-state index contributed by atoms with van der Waals surface area (Å²) >= 11 is 0. The van der Waals surface area contributed by atoms with Gasteiger partial charge in [-0.05, 0) is 11.5 Å². The van der Waals surface area contributed by atoms with E-state index in [4.69, 9.17) is 4.98 Å². The standard InChI is InChI=1S/C18H23N5/c1-13(2)15-12-20-23-16(10-17(22(3)4)21-18(15)23)19-11-14-8-6-5-7-9-14/h5-10,12-13,19H,11H2,1-4H3. The van der Waals surface area contributed by atoms with Crippen molar-refractivity contribution in [2.75, 3.05) is 24.3 Å². The molecule has 0 fully saturated rings. The van der Waals surface area contributed by atoms with Crippen LogP contribution in [0.15, 0.2) is 42.6 Å². The van der Waals surface area contributed by atoms with Gasteiger partial charge in [0.1, 0.15) is 11.6 Å². The number of aromatic nitrogens is 3. The van der Waals surface area contributed by atoms with Gasteiger partial charge in [-0.15, -0.1) is 0 Å². The van der Waals surface area contributed by atoms with E-state index in [1.54, 1.807) is 0 Å². The number of fused-ring (bicyclic) bond motifs is 1. The number of nitrogens with one attached hydrogen (secondary N) is 1. The van der Waals surface area contributed by atoms with E-state index in [0.717, 1.165) is 29.4 Å². The van der Waals surface area contributed by atoms with Crippen LogP contribution in [0.3, 0.4) is 0 Å². The second-order valence-electron chi connectivity index (χ2n) is 6.22. The summed E-state index contributed by atoms with van der Waals surface area (Å²) in [5.74, 6) is 2.27. The molecule has 2 aromatic heterocycles. The molecule has 5 nitrogen and oxygen atoms in total. The highest BCUT2D eigenvalue weighted by Gasteiger charge is 2.14. The topological polar surface area (TPSA) is 45.5 Å². The molecule has 0 spiro atoms. The van der Waals surface area contributed by atoms with Crippen molar-refractivity contribution in [1.82, 2.24) is 14.6 Å². The summed E-state index contributed by atoms with van der Waals surface area (Å²) in [6, 6.07) is 12.4. The summed E-state index contributed by atoms with van der Waals surface area (Å²) in [5.41, 5.74) is 3.32. The lowest BCUT2D eigenvalue weighted by Crippen LogP contribution is -2.14. The van der Waals surface area contributed by atoms with E-state index in [1.165, 1.54) is 5.56 Å². The molecule has 1 aromatic carbocycles. The molecular weight excluding hydrogens is 286 g/mol. The molecular formula is C18H23N5. The van der Waals surface area contributed by atoms with Gasteiger partial charge in [-0.25, -0.2) is 4.98 Å². The van der Waals surface area contributed by atoms with Crippen molar-refractivity contribution in [2.45, 2.75) is 26.3 Å². The van der Waals surface area contributed by atoms with Crippen molar-refractivity contribution in [2.24, 2.45) is 0 Å². The van der Waals surface area contributed by atoms with Gasteiger partial charge < -0.3 is 10.2 Å². The van der Waals surface area contributed by atoms with Gasteiger partial charge in [0.15, 0.2) is 5.65 Å². The Kier molecular flexibility index (Phi) is 4.19. The predicted octanol–water partition coefficient (Wildman–Crippen LogP) is 3.53. The lowest BCUT2D eigenvalue weighted by molar-refractivity contribution is 0.870. The Hall–Kier alpha value is -2.56. The first-order valence-electron chi connectivity index (χ1n) is 7.90. The highest BCUT2D eigenvalue weighted by molar-refractivity contribution is 5.61. The molecule has 2 heterocycles. The molecule has 3 aromatic rings. The molecule has 23 heavy (non-hydrogen) atoms. The monoisotopic (exact) mass is 309 g/mol. The zero-order valence-electron chi connectivity index (χ0n) is 14.1. The van der Waals surface area contributed by atoms with Crippen LogP contribution in [0.1, 0.15) is 30.9 Å². The largest absolute Gasteiger partial charge is 0.366 e. The molecule has 0 amide bonds. The van der Waals surface area contributed by atoms with Crippen LogP contribution in [-0.4, -0.2) is 28.7 Å². The van der Waals surface area contributed by atoms with Gasteiger partial charge in [-0.3, -0.25) is 0 Å². The number of hydrogen-bond donors (Lipinski definition) is 1. The second kappa shape index (κ2) is 6.28. The van der Waals surface area contributed by atoms with E-state index >= 15 is 0 Å². The maximum absolute atomic E-state index is 4.76. The Morgan fingerprint density at radius 2 is 1.91 bits per heavy atom. The summed E-state index contributed by atoms with van der Waals surface area (Å²) < 4.78 is 1.89. The van der Waals surface area contributed by atoms with Crippen molar-refractivity contribution >= 4 is 17.3 Å². The van der Waals surface area contributed by atoms with Crippen LogP contribution in [0.4, 0.5) is 11.6 Å². The molecule has 0 bridgehead atoms. The van der Waals surface area contributed by atoms with E-state index in [2.05, 4.69) is 48.5 Å². The predicted molar refractivity (Wildman–Crippen MR) is 95.2 cm³/mol. The average Bonchev–Trinajstić information content (AvgIpc) is 2.97. The Morgan fingerprint density at radius 1 is 1.17 bits per heavy atom. The zero-order valence-corrected chi connectivity index (χ0v) is 14.1. The SMILES string of the molecule is CC(C)c1cnn2c(NCc3ccccc3)cc(N(C)C)nc12. The molecule has 0 atom stereocenters. The molecule has 0 aliphatic carbocycles. The van der Waals surface area contributed by atoms with Crippen molar-refractivity contribution in [1.29, 1.82) is 0 Å². The minimum Gasteiger partial charge on any atom is -0.366 e. The summed E-state index contributed by atoms with van der Waals surface area (Å²) in [5, 5.41) is 8.01. The average molecular weight is 309 g/mol. The fourth-order valence-corrected chi connectivity index (χ4v) is 2.52. The molecule has 0 aliphatic rings. The van der Waals surface area contributed by atoms with Crippen molar-refractivity contribution < 1.29 is 0 Å². The fourth-order valence-electron chi connectivity index (χ4n) is 2.52. The third-order valence-corrected chi connectivity index (χ3v) is 3.88. The van der Waals surface area contributed by atoms with E-state index in [1.807, 2.05) is 41.8 Å². The Labute approximate surface area is 137 Å². The van der Waals surface area contributed by atoms with Crippen LogP contribution in [0.5, 0.6) is 0 Å². The van der Waals surface area contributed by atoms with Gasteiger partial charge in [0.25, 0.3) is 0 Å². The summed E-state index contributed by atoms with van der Waals surface area (Å²) in [6.45, 7) is 5.08. The van der Waals surface area contributed by atoms with Gasteiger partial charge in [0.05, 0.1) is 6.20 Å². The third kappa shape index (κ3) is 3.13. The zero-order chi connectivity index (χ0) is 16.4. The molecule has 1 N–H and O–H groups in total. The van der Waals surface area contributed by atoms with Gasteiger partial charge >= 0.3 is 0 Å². The maximum Gasteiger partial charge on any atom is 0.163 e. The highest BCUT2D eigenvalue weighted by Crippen LogP contribution is 2.25. The van der Waals surface area contributed by atoms with Crippen LogP contribution in [0, 0.1) is 0 Å². The smallest absolute Gasteiger partial charge is 0.163 e. The highest BCUT2D eigenvalue weighted by atomic mass is 15.3. The summed E-state index contributed by atoms with van der Waals surface area (Å²) in [4.78, 5) is 6.78. The first-order valence-corrected chi connectivity index (χ1v) is 7.90. The van der Waals surface area contributed by atoms with Crippen molar-refractivity contribution in [3.63, 3.8) is 0 Å². The first kappa shape index (κ1) is 15.3. The molecule has 0 saturated carbocycles. The van der Waals surface area contributed by atoms with Crippen molar-refractivity contribution in [3.8, 4) is 0 Å². The third-order valence-electron chi connectivity index (χ3n) is 3.88. The Morgan fingerprint density at radius 3 is 2.57 bits per heavy atom. The van der Waals surface area contributed by atoms with Crippen LogP contribution in [-0.2, 0) is 6.54 Å². The molecule has 0 radical (unpaired) electrons. The first-order chi connectivity index (χ1) is 11.1. The van der Waals surface area contributed by atoms with Gasteiger partial charge in [0, 0.05) is 32.3 Å². The Balaban J connectivity index is 2.00. The van der Waals surface area contributed by atoms with E-state index in [-0.39, 0.29) is 0 Å².